The van der Waals surface area contributed by atoms with Crippen LogP contribution >= 0.6 is 0 Å². The molecule has 2 fully saturated rings. The topological polar surface area (TPSA) is 44.0 Å². The van der Waals surface area contributed by atoms with E-state index in [1.54, 1.807) is 6.33 Å². The second-order valence-electron chi connectivity index (χ2n) is 5.78. The molecule has 0 saturated carbocycles. The van der Waals surface area contributed by atoms with Crippen molar-refractivity contribution in [3.05, 3.63) is 18.2 Å². The number of aromatic amines is 1. The van der Waals surface area contributed by atoms with E-state index in [0.29, 0.717) is 5.92 Å². The molecule has 0 spiro atoms. The van der Waals surface area contributed by atoms with Gasteiger partial charge in [0, 0.05) is 24.4 Å². The van der Waals surface area contributed by atoms with E-state index < -0.39 is 0 Å². The van der Waals surface area contributed by atoms with Crippen LogP contribution in [0.3, 0.4) is 0 Å². The average molecular weight is 248 g/mol. The van der Waals surface area contributed by atoms with Gasteiger partial charge in [0.15, 0.2) is 0 Å². The molecule has 1 aromatic rings. The fourth-order valence-corrected chi connectivity index (χ4v) is 3.35. The lowest BCUT2D eigenvalue weighted by atomic mass is 9.92. The van der Waals surface area contributed by atoms with E-state index in [1.165, 1.54) is 64.1 Å². The standard InChI is InChI=1S/C14H24N4/c1-5-15-6-2-12(1)10-18-7-3-13(4-8-18)14-9-16-11-17-14/h9,11-13,15H,1-8,10H2,(H,16,17). The lowest BCUT2D eigenvalue weighted by molar-refractivity contribution is 0.166. The number of hydrogen-bond acceptors (Lipinski definition) is 3. The zero-order chi connectivity index (χ0) is 12.2. The van der Waals surface area contributed by atoms with Gasteiger partial charge in [-0.1, -0.05) is 0 Å². The summed E-state index contributed by atoms with van der Waals surface area (Å²) >= 11 is 0. The van der Waals surface area contributed by atoms with Crippen LogP contribution in [-0.4, -0.2) is 47.6 Å². The summed E-state index contributed by atoms with van der Waals surface area (Å²) in [5.41, 5.74) is 1.33. The van der Waals surface area contributed by atoms with Crippen LogP contribution in [0.4, 0.5) is 0 Å². The first-order chi connectivity index (χ1) is 8.92. The number of imidazole rings is 1. The van der Waals surface area contributed by atoms with Gasteiger partial charge < -0.3 is 15.2 Å². The Balaban J connectivity index is 1.45. The third kappa shape index (κ3) is 2.93. The Hall–Kier alpha value is -0.870. The average Bonchev–Trinajstić information content (AvgIpc) is 2.95. The first-order valence-corrected chi connectivity index (χ1v) is 7.33. The summed E-state index contributed by atoms with van der Waals surface area (Å²) in [7, 11) is 0. The first kappa shape index (κ1) is 12.2. The highest BCUT2D eigenvalue weighted by atomic mass is 15.1. The van der Waals surface area contributed by atoms with Crippen molar-refractivity contribution in [3.63, 3.8) is 0 Å². The zero-order valence-electron chi connectivity index (χ0n) is 11.1. The van der Waals surface area contributed by atoms with E-state index in [0.717, 1.165) is 5.92 Å². The minimum Gasteiger partial charge on any atom is -0.348 e. The molecular weight excluding hydrogens is 224 g/mol. The SMILES string of the molecule is c1ncc(C2CCN(CC3CCNCC3)CC2)[nH]1. The number of H-pyrrole nitrogens is 1. The van der Waals surface area contributed by atoms with Crippen molar-refractivity contribution in [3.8, 4) is 0 Å². The molecule has 2 N–H and O–H groups in total. The Kier molecular flexibility index (Phi) is 3.96. The number of rotatable bonds is 3. The van der Waals surface area contributed by atoms with Gasteiger partial charge in [-0.3, -0.25) is 0 Å². The highest BCUT2D eigenvalue weighted by Gasteiger charge is 2.23. The van der Waals surface area contributed by atoms with E-state index in [2.05, 4.69) is 20.2 Å². The van der Waals surface area contributed by atoms with E-state index in [4.69, 9.17) is 0 Å². The molecule has 18 heavy (non-hydrogen) atoms. The lowest BCUT2D eigenvalue weighted by Crippen LogP contribution is -2.39. The molecule has 0 radical (unpaired) electrons. The fourth-order valence-electron chi connectivity index (χ4n) is 3.35. The molecular formula is C14H24N4. The maximum atomic E-state index is 4.13. The Morgan fingerprint density at radius 1 is 1.17 bits per heavy atom. The monoisotopic (exact) mass is 248 g/mol. The van der Waals surface area contributed by atoms with E-state index in [9.17, 15) is 0 Å². The number of hydrogen-bond donors (Lipinski definition) is 2. The van der Waals surface area contributed by atoms with Crippen LogP contribution in [0.15, 0.2) is 12.5 Å². The van der Waals surface area contributed by atoms with Gasteiger partial charge in [-0.25, -0.2) is 4.98 Å². The van der Waals surface area contributed by atoms with Gasteiger partial charge in [0.25, 0.3) is 0 Å². The Labute approximate surface area is 109 Å². The predicted octanol–water partition coefficient (Wildman–Crippen LogP) is 1.59. The van der Waals surface area contributed by atoms with Gasteiger partial charge >= 0.3 is 0 Å². The van der Waals surface area contributed by atoms with Crippen molar-refractivity contribution < 1.29 is 0 Å². The molecule has 100 valence electrons. The molecule has 2 aliphatic heterocycles. The summed E-state index contributed by atoms with van der Waals surface area (Å²) in [6, 6.07) is 0. The van der Waals surface area contributed by atoms with E-state index >= 15 is 0 Å². The van der Waals surface area contributed by atoms with Crippen LogP contribution in [-0.2, 0) is 0 Å². The fraction of sp³-hybridized carbons (Fsp3) is 0.786. The van der Waals surface area contributed by atoms with E-state index in [-0.39, 0.29) is 0 Å². The van der Waals surface area contributed by atoms with Gasteiger partial charge in [-0.15, -0.1) is 0 Å². The van der Waals surface area contributed by atoms with Crippen molar-refractivity contribution in [2.24, 2.45) is 5.92 Å². The van der Waals surface area contributed by atoms with Gasteiger partial charge in [0.1, 0.15) is 0 Å². The van der Waals surface area contributed by atoms with Crippen LogP contribution in [0, 0.1) is 5.92 Å². The molecule has 3 rings (SSSR count). The molecule has 0 aromatic carbocycles. The summed E-state index contributed by atoms with van der Waals surface area (Å²) in [6.07, 6.45) is 9.09. The molecule has 2 saturated heterocycles. The molecule has 4 heteroatoms. The molecule has 3 heterocycles. The summed E-state index contributed by atoms with van der Waals surface area (Å²) in [5.74, 6) is 1.63. The van der Waals surface area contributed by atoms with E-state index in [1.807, 2.05) is 6.20 Å². The highest BCUT2D eigenvalue weighted by molar-refractivity contribution is 5.04. The third-order valence-corrected chi connectivity index (χ3v) is 4.52. The first-order valence-electron chi connectivity index (χ1n) is 7.33. The summed E-state index contributed by atoms with van der Waals surface area (Å²) in [4.78, 5) is 10.1. The van der Waals surface area contributed by atoms with Crippen molar-refractivity contribution >= 4 is 0 Å². The maximum Gasteiger partial charge on any atom is 0.0921 e. The van der Waals surface area contributed by atoms with Crippen LogP contribution < -0.4 is 5.32 Å². The minimum absolute atomic E-state index is 0.705. The van der Waals surface area contributed by atoms with Gasteiger partial charge in [0.2, 0.25) is 0 Å². The molecule has 0 bridgehead atoms. The number of nitrogens with zero attached hydrogens (tertiary/aromatic N) is 2. The number of piperidine rings is 2. The van der Waals surface area contributed by atoms with Crippen molar-refractivity contribution in [1.29, 1.82) is 0 Å². The van der Waals surface area contributed by atoms with Crippen LogP contribution in [0.1, 0.15) is 37.3 Å². The maximum absolute atomic E-state index is 4.13. The summed E-state index contributed by atoms with van der Waals surface area (Å²) in [5, 5.41) is 3.45. The Bertz CT molecular complexity index is 335. The van der Waals surface area contributed by atoms with Crippen molar-refractivity contribution in [1.82, 2.24) is 20.2 Å². The smallest absolute Gasteiger partial charge is 0.0921 e. The number of nitrogens with one attached hydrogen (secondary N) is 2. The van der Waals surface area contributed by atoms with Crippen LogP contribution in [0.2, 0.25) is 0 Å². The molecule has 4 nitrogen and oxygen atoms in total. The zero-order valence-corrected chi connectivity index (χ0v) is 11.1. The molecule has 0 atom stereocenters. The number of aromatic nitrogens is 2. The third-order valence-electron chi connectivity index (χ3n) is 4.52. The van der Waals surface area contributed by atoms with Gasteiger partial charge in [-0.2, -0.15) is 0 Å². The van der Waals surface area contributed by atoms with Crippen LogP contribution in [0.5, 0.6) is 0 Å². The van der Waals surface area contributed by atoms with Crippen LogP contribution in [0.25, 0.3) is 0 Å². The van der Waals surface area contributed by atoms with Gasteiger partial charge in [0.05, 0.1) is 6.33 Å². The molecule has 0 unspecified atom stereocenters. The molecule has 0 amide bonds. The largest absolute Gasteiger partial charge is 0.348 e. The Morgan fingerprint density at radius 2 is 1.94 bits per heavy atom. The normalized spacial score (nSPS) is 24.4. The molecule has 1 aromatic heterocycles. The Morgan fingerprint density at radius 3 is 2.61 bits per heavy atom. The molecule has 0 aliphatic carbocycles. The van der Waals surface area contributed by atoms with Crippen molar-refractivity contribution in [2.75, 3.05) is 32.7 Å². The second-order valence-corrected chi connectivity index (χ2v) is 5.78. The van der Waals surface area contributed by atoms with Crippen molar-refractivity contribution in [2.45, 2.75) is 31.6 Å². The number of likely N-dealkylation sites (tertiary alicyclic amines) is 1. The van der Waals surface area contributed by atoms with Gasteiger partial charge in [-0.05, 0) is 57.8 Å². The molecule has 2 aliphatic rings. The summed E-state index contributed by atoms with van der Waals surface area (Å²) in [6.45, 7) is 6.27. The highest BCUT2D eigenvalue weighted by Crippen LogP contribution is 2.27. The quantitative estimate of drug-likeness (QED) is 0.854. The lowest BCUT2D eigenvalue weighted by Gasteiger charge is -2.35. The predicted molar refractivity (Wildman–Crippen MR) is 72.6 cm³/mol. The second kappa shape index (κ2) is 5.85. The summed E-state index contributed by atoms with van der Waals surface area (Å²) < 4.78 is 0. The minimum atomic E-state index is 0.705.